The van der Waals surface area contributed by atoms with Gasteiger partial charge in [0, 0.05) is 19.1 Å². The fraction of sp³-hybridized carbons (Fsp3) is 0.667. The summed E-state index contributed by atoms with van der Waals surface area (Å²) in [5.74, 6) is 1.67. The Hall–Kier alpha value is -0.800. The van der Waals surface area contributed by atoms with E-state index in [4.69, 9.17) is 9.15 Å². The highest BCUT2D eigenvalue weighted by molar-refractivity contribution is 5.28. The minimum absolute atomic E-state index is 0.0203. The number of furan rings is 1. The van der Waals surface area contributed by atoms with Crippen molar-refractivity contribution in [3.63, 3.8) is 0 Å². The molecule has 15 heavy (non-hydrogen) atoms. The summed E-state index contributed by atoms with van der Waals surface area (Å²) in [6.07, 6.45) is 4.02. The van der Waals surface area contributed by atoms with E-state index in [1.54, 1.807) is 0 Å². The first-order valence-corrected chi connectivity index (χ1v) is 5.70. The van der Waals surface area contributed by atoms with E-state index in [2.05, 4.69) is 18.3 Å². The maximum absolute atomic E-state index is 5.67. The van der Waals surface area contributed by atoms with E-state index < -0.39 is 0 Å². The van der Waals surface area contributed by atoms with Gasteiger partial charge in [0.2, 0.25) is 0 Å². The van der Waals surface area contributed by atoms with Crippen molar-refractivity contribution in [1.29, 1.82) is 0 Å². The van der Waals surface area contributed by atoms with Crippen LogP contribution >= 0.6 is 0 Å². The Morgan fingerprint density at radius 3 is 3.27 bits per heavy atom. The molecule has 3 heterocycles. The Morgan fingerprint density at radius 2 is 2.47 bits per heavy atom. The molecule has 0 aliphatic carbocycles. The lowest BCUT2D eigenvalue weighted by Gasteiger charge is -2.38. The van der Waals surface area contributed by atoms with Crippen molar-refractivity contribution in [1.82, 2.24) is 5.32 Å². The predicted molar refractivity (Wildman–Crippen MR) is 56.7 cm³/mol. The molecule has 1 aromatic rings. The molecule has 3 rings (SSSR count). The largest absolute Gasteiger partial charge is 0.467 e. The van der Waals surface area contributed by atoms with E-state index in [0.29, 0.717) is 5.92 Å². The third-order valence-corrected chi connectivity index (χ3v) is 3.85. The molecule has 2 atom stereocenters. The molecule has 0 bridgehead atoms. The first kappa shape index (κ1) is 9.43. The monoisotopic (exact) mass is 207 g/mol. The number of nitrogens with one attached hydrogen (secondary N) is 1. The maximum atomic E-state index is 5.67. The summed E-state index contributed by atoms with van der Waals surface area (Å²) >= 11 is 0. The zero-order valence-electron chi connectivity index (χ0n) is 9.08. The topological polar surface area (TPSA) is 34.4 Å². The number of ether oxygens (including phenoxy) is 1. The molecule has 1 N–H and O–H groups in total. The quantitative estimate of drug-likeness (QED) is 0.760. The average molecular weight is 207 g/mol. The minimum atomic E-state index is -0.0203. The van der Waals surface area contributed by atoms with Crippen molar-refractivity contribution < 1.29 is 9.15 Å². The molecule has 2 aliphatic heterocycles. The molecule has 0 amide bonds. The van der Waals surface area contributed by atoms with Gasteiger partial charge in [0.15, 0.2) is 0 Å². The van der Waals surface area contributed by atoms with Gasteiger partial charge in [-0.05, 0) is 31.4 Å². The Balaban J connectivity index is 1.99. The number of fused-ring (bicyclic) bond motifs is 1. The van der Waals surface area contributed by atoms with Crippen LogP contribution in [0.4, 0.5) is 0 Å². The number of hydrogen-bond donors (Lipinski definition) is 1. The van der Waals surface area contributed by atoms with Crippen LogP contribution < -0.4 is 5.32 Å². The van der Waals surface area contributed by atoms with E-state index in [1.807, 2.05) is 6.26 Å². The fourth-order valence-electron chi connectivity index (χ4n) is 2.85. The first-order valence-electron chi connectivity index (χ1n) is 5.70. The van der Waals surface area contributed by atoms with Crippen LogP contribution in [0.1, 0.15) is 24.7 Å². The van der Waals surface area contributed by atoms with E-state index in [-0.39, 0.29) is 5.54 Å². The van der Waals surface area contributed by atoms with Gasteiger partial charge in [0.25, 0.3) is 0 Å². The van der Waals surface area contributed by atoms with Crippen LogP contribution in [0.25, 0.3) is 0 Å². The van der Waals surface area contributed by atoms with Crippen LogP contribution in [-0.4, -0.2) is 19.8 Å². The van der Waals surface area contributed by atoms with Gasteiger partial charge in [-0.2, -0.15) is 0 Å². The van der Waals surface area contributed by atoms with Gasteiger partial charge in [-0.3, -0.25) is 0 Å². The molecule has 3 heteroatoms. The van der Waals surface area contributed by atoms with E-state index in [9.17, 15) is 0 Å². The van der Waals surface area contributed by atoms with Gasteiger partial charge in [-0.1, -0.05) is 0 Å². The lowest BCUT2D eigenvalue weighted by molar-refractivity contribution is 0.134. The van der Waals surface area contributed by atoms with Crippen molar-refractivity contribution >= 4 is 0 Å². The molecule has 0 radical (unpaired) electrons. The summed E-state index contributed by atoms with van der Waals surface area (Å²) in [4.78, 5) is 0. The van der Waals surface area contributed by atoms with Gasteiger partial charge in [0.05, 0.1) is 18.4 Å². The Morgan fingerprint density at radius 1 is 1.53 bits per heavy atom. The van der Waals surface area contributed by atoms with Gasteiger partial charge < -0.3 is 14.5 Å². The second kappa shape index (κ2) is 3.35. The molecule has 0 aromatic carbocycles. The molecule has 2 aliphatic rings. The predicted octanol–water partition coefficient (Wildman–Crippen LogP) is 1.68. The fourth-order valence-corrected chi connectivity index (χ4v) is 2.85. The Labute approximate surface area is 89.8 Å². The molecule has 0 spiro atoms. The Kier molecular flexibility index (Phi) is 2.11. The summed E-state index contributed by atoms with van der Waals surface area (Å²) < 4.78 is 11.2. The molecule has 3 nitrogen and oxygen atoms in total. The van der Waals surface area contributed by atoms with Gasteiger partial charge in [-0.25, -0.2) is 0 Å². The van der Waals surface area contributed by atoms with Crippen LogP contribution in [0.3, 0.4) is 0 Å². The van der Waals surface area contributed by atoms with Crippen molar-refractivity contribution in [3.8, 4) is 0 Å². The zero-order chi connectivity index (χ0) is 10.3. The van der Waals surface area contributed by atoms with Gasteiger partial charge in [-0.15, -0.1) is 0 Å². The smallest absolute Gasteiger partial charge is 0.127 e. The van der Waals surface area contributed by atoms with Crippen molar-refractivity contribution in [2.24, 2.45) is 5.92 Å². The summed E-state index contributed by atoms with van der Waals surface area (Å²) in [6, 6.07) is 2.10. The van der Waals surface area contributed by atoms with Crippen LogP contribution in [-0.2, 0) is 16.7 Å². The highest BCUT2D eigenvalue weighted by Gasteiger charge is 2.43. The lowest BCUT2D eigenvalue weighted by Crippen LogP contribution is -2.50. The van der Waals surface area contributed by atoms with Crippen LogP contribution in [0.5, 0.6) is 0 Å². The third kappa shape index (κ3) is 1.34. The Bertz CT molecular complexity index is 354. The normalized spacial score (nSPS) is 35.4. The van der Waals surface area contributed by atoms with E-state index in [0.717, 1.165) is 38.4 Å². The summed E-state index contributed by atoms with van der Waals surface area (Å²) in [6.45, 7) is 5.02. The molecule has 82 valence electrons. The van der Waals surface area contributed by atoms with Gasteiger partial charge >= 0.3 is 0 Å². The third-order valence-electron chi connectivity index (χ3n) is 3.85. The van der Waals surface area contributed by atoms with Crippen molar-refractivity contribution in [2.45, 2.75) is 25.3 Å². The van der Waals surface area contributed by atoms with Crippen molar-refractivity contribution in [2.75, 3.05) is 19.8 Å². The van der Waals surface area contributed by atoms with Crippen LogP contribution in [0.15, 0.2) is 16.7 Å². The highest BCUT2D eigenvalue weighted by atomic mass is 16.5. The number of rotatable bonds is 1. The van der Waals surface area contributed by atoms with Gasteiger partial charge in [0.1, 0.15) is 5.76 Å². The van der Waals surface area contributed by atoms with Crippen LogP contribution in [0.2, 0.25) is 0 Å². The average Bonchev–Trinajstić information content (AvgIpc) is 2.89. The summed E-state index contributed by atoms with van der Waals surface area (Å²) in [5.41, 5.74) is 1.34. The molecular weight excluding hydrogens is 190 g/mol. The minimum Gasteiger partial charge on any atom is -0.467 e. The zero-order valence-corrected chi connectivity index (χ0v) is 9.08. The maximum Gasteiger partial charge on any atom is 0.127 e. The summed E-state index contributed by atoms with van der Waals surface area (Å²) in [5, 5.41) is 3.61. The molecule has 0 saturated carbocycles. The van der Waals surface area contributed by atoms with E-state index >= 15 is 0 Å². The van der Waals surface area contributed by atoms with Crippen LogP contribution in [0, 0.1) is 5.92 Å². The summed E-state index contributed by atoms with van der Waals surface area (Å²) in [7, 11) is 0. The molecule has 2 unspecified atom stereocenters. The molecule has 1 saturated heterocycles. The SMILES string of the molecule is CC1(C2CCOC2)NCCc2ccoc21. The number of hydrogen-bond acceptors (Lipinski definition) is 3. The second-order valence-electron chi connectivity index (χ2n) is 4.71. The highest BCUT2D eigenvalue weighted by Crippen LogP contribution is 2.39. The first-order chi connectivity index (χ1) is 7.31. The van der Waals surface area contributed by atoms with E-state index in [1.165, 1.54) is 5.56 Å². The second-order valence-corrected chi connectivity index (χ2v) is 4.71. The molecular formula is C12H17NO2. The van der Waals surface area contributed by atoms with Crippen molar-refractivity contribution in [3.05, 3.63) is 23.7 Å². The standard InChI is InChI=1S/C12H17NO2/c1-12(10-4-6-14-8-10)11-9(2-5-13-12)3-7-15-11/h3,7,10,13H,2,4-6,8H2,1H3. The lowest BCUT2D eigenvalue weighted by atomic mass is 9.79. The molecule has 1 fully saturated rings. The molecule has 1 aromatic heterocycles.